The van der Waals surface area contributed by atoms with Crippen LogP contribution in [0.5, 0.6) is 0 Å². The summed E-state index contributed by atoms with van der Waals surface area (Å²) in [7, 11) is 0. The first-order chi connectivity index (χ1) is 14.8. The highest BCUT2D eigenvalue weighted by Crippen LogP contribution is 2.34. The van der Waals surface area contributed by atoms with E-state index in [4.69, 9.17) is 9.47 Å². The number of rotatable bonds is 11. The second-order valence-electron chi connectivity index (χ2n) is 7.32. The van der Waals surface area contributed by atoms with E-state index in [-0.39, 0.29) is 33.7 Å². The van der Waals surface area contributed by atoms with Crippen molar-refractivity contribution in [3.05, 3.63) is 51.9 Å². The average molecular weight is 448 g/mol. The largest absolute Gasteiger partial charge is 0.478 e. The van der Waals surface area contributed by atoms with Crippen LogP contribution in [0.15, 0.2) is 30.3 Å². The number of thiophene rings is 1. The molecule has 0 radical (unpaired) electrons. The number of unbranched alkanes of at least 4 members (excludes halogenated alkanes) is 3. The lowest BCUT2D eigenvalue weighted by molar-refractivity contribution is 0.0477. The molecule has 168 valence electrons. The van der Waals surface area contributed by atoms with E-state index in [0.29, 0.717) is 0 Å². The lowest BCUT2D eigenvalue weighted by Gasteiger charge is -2.13. The Kier molecular flexibility index (Phi) is 9.52. The van der Waals surface area contributed by atoms with E-state index < -0.39 is 18.0 Å². The molecule has 0 aliphatic heterocycles. The van der Waals surface area contributed by atoms with Gasteiger partial charge in [0.15, 0.2) is 0 Å². The summed E-state index contributed by atoms with van der Waals surface area (Å²) in [6, 6.07) is 9.17. The molecule has 1 unspecified atom stereocenters. The number of carboxylic acids is 1. The van der Waals surface area contributed by atoms with Crippen LogP contribution in [-0.2, 0) is 16.1 Å². The maximum absolute atomic E-state index is 12.5. The summed E-state index contributed by atoms with van der Waals surface area (Å²) in [4.78, 5) is 36.6. The smallest absolute Gasteiger partial charge is 0.412 e. The predicted molar refractivity (Wildman–Crippen MR) is 120 cm³/mol. The van der Waals surface area contributed by atoms with Gasteiger partial charge >= 0.3 is 18.0 Å². The van der Waals surface area contributed by atoms with Crippen molar-refractivity contribution in [1.29, 1.82) is 0 Å². The second kappa shape index (κ2) is 12.1. The van der Waals surface area contributed by atoms with Crippen molar-refractivity contribution in [2.45, 2.75) is 65.6 Å². The van der Waals surface area contributed by atoms with Crippen LogP contribution in [0.3, 0.4) is 0 Å². The van der Waals surface area contributed by atoms with Crippen molar-refractivity contribution in [2.24, 2.45) is 0 Å². The highest BCUT2D eigenvalue weighted by molar-refractivity contribution is 7.18. The van der Waals surface area contributed by atoms with Crippen LogP contribution >= 0.6 is 11.3 Å². The first-order valence-electron chi connectivity index (χ1n) is 10.4. The summed E-state index contributed by atoms with van der Waals surface area (Å²) in [6.07, 6.45) is 4.00. The Bertz CT molecular complexity index is 893. The van der Waals surface area contributed by atoms with Crippen LogP contribution in [0.25, 0.3) is 0 Å². The Hall–Kier alpha value is -2.87. The molecule has 0 fully saturated rings. The minimum absolute atomic E-state index is 0.0554. The van der Waals surface area contributed by atoms with Crippen molar-refractivity contribution >= 4 is 34.4 Å². The number of esters is 1. The van der Waals surface area contributed by atoms with E-state index in [1.165, 1.54) is 6.92 Å². The number of nitrogens with one attached hydrogen (secondary N) is 1. The van der Waals surface area contributed by atoms with E-state index in [1.807, 2.05) is 30.3 Å². The SMILES string of the molecule is CCCCCCC(C)OC(=O)Nc1sc(C(=O)OCc2ccccc2)c(C)c1C(=O)O. The molecule has 2 aromatic rings. The summed E-state index contributed by atoms with van der Waals surface area (Å²) in [5.41, 5.74) is 0.932. The van der Waals surface area contributed by atoms with Gasteiger partial charge in [-0.1, -0.05) is 56.5 Å². The highest BCUT2D eigenvalue weighted by Gasteiger charge is 2.27. The van der Waals surface area contributed by atoms with Crippen molar-refractivity contribution in [3.8, 4) is 0 Å². The molecule has 1 atom stereocenters. The van der Waals surface area contributed by atoms with Crippen LogP contribution in [-0.4, -0.2) is 29.2 Å². The van der Waals surface area contributed by atoms with E-state index in [9.17, 15) is 19.5 Å². The van der Waals surface area contributed by atoms with Crippen LogP contribution in [0.4, 0.5) is 9.80 Å². The highest BCUT2D eigenvalue weighted by atomic mass is 32.1. The van der Waals surface area contributed by atoms with Gasteiger partial charge in [-0.25, -0.2) is 14.4 Å². The number of carboxylic acid groups (broad SMARTS) is 1. The summed E-state index contributed by atoms with van der Waals surface area (Å²) in [5.74, 6) is -1.88. The Morgan fingerprint density at radius 3 is 2.48 bits per heavy atom. The minimum atomic E-state index is -1.24. The summed E-state index contributed by atoms with van der Waals surface area (Å²) >= 11 is 0.870. The Morgan fingerprint density at radius 2 is 1.84 bits per heavy atom. The van der Waals surface area contributed by atoms with Crippen LogP contribution in [0.2, 0.25) is 0 Å². The number of ether oxygens (including phenoxy) is 2. The molecule has 8 heteroatoms. The summed E-state index contributed by atoms with van der Waals surface area (Å²) in [5, 5.41) is 12.1. The van der Waals surface area contributed by atoms with Gasteiger partial charge in [0, 0.05) is 0 Å². The Labute approximate surface area is 186 Å². The third-order valence-corrected chi connectivity index (χ3v) is 5.93. The zero-order chi connectivity index (χ0) is 22.8. The van der Waals surface area contributed by atoms with Crippen molar-refractivity contribution in [3.63, 3.8) is 0 Å². The number of hydrogen-bond acceptors (Lipinski definition) is 6. The molecule has 0 saturated heterocycles. The minimum Gasteiger partial charge on any atom is -0.478 e. The quantitative estimate of drug-likeness (QED) is 0.323. The van der Waals surface area contributed by atoms with Gasteiger partial charge in [0.2, 0.25) is 0 Å². The third kappa shape index (κ3) is 7.40. The van der Waals surface area contributed by atoms with Crippen molar-refractivity contribution in [2.75, 3.05) is 5.32 Å². The van der Waals surface area contributed by atoms with Gasteiger partial charge in [-0.3, -0.25) is 5.32 Å². The van der Waals surface area contributed by atoms with Gasteiger partial charge in [0.25, 0.3) is 0 Å². The van der Waals surface area contributed by atoms with Gasteiger partial charge < -0.3 is 14.6 Å². The molecular formula is C23H29NO6S. The zero-order valence-electron chi connectivity index (χ0n) is 18.1. The summed E-state index contributed by atoms with van der Waals surface area (Å²) in [6.45, 7) is 5.52. The standard InChI is InChI=1S/C23H29NO6S/c1-4-5-6-8-11-15(2)30-23(28)24-20-18(21(25)26)16(3)19(31-20)22(27)29-14-17-12-9-7-10-13-17/h7,9-10,12-13,15H,4-6,8,11,14H2,1-3H3,(H,24,28)(H,25,26). The molecule has 31 heavy (non-hydrogen) atoms. The van der Waals surface area contributed by atoms with E-state index in [0.717, 1.165) is 49.0 Å². The maximum Gasteiger partial charge on any atom is 0.412 e. The molecule has 0 bridgehead atoms. The molecule has 1 heterocycles. The molecule has 0 spiro atoms. The summed E-state index contributed by atoms with van der Waals surface area (Å²) < 4.78 is 10.6. The van der Waals surface area contributed by atoms with E-state index in [1.54, 1.807) is 6.92 Å². The number of benzene rings is 1. The Balaban J connectivity index is 2.03. The van der Waals surface area contributed by atoms with E-state index in [2.05, 4.69) is 12.2 Å². The second-order valence-corrected chi connectivity index (χ2v) is 8.34. The molecular weight excluding hydrogens is 418 g/mol. The normalized spacial score (nSPS) is 11.6. The fourth-order valence-corrected chi connectivity index (χ4v) is 4.14. The van der Waals surface area contributed by atoms with Gasteiger partial charge in [-0.05, 0) is 37.8 Å². The molecule has 0 saturated carbocycles. The molecule has 1 aromatic carbocycles. The third-order valence-electron chi connectivity index (χ3n) is 4.75. The monoisotopic (exact) mass is 447 g/mol. The topological polar surface area (TPSA) is 102 Å². The molecule has 1 amide bonds. The fraction of sp³-hybridized carbons (Fsp3) is 0.435. The van der Waals surface area contributed by atoms with Gasteiger partial charge in [-0.15, -0.1) is 11.3 Å². The zero-order valence-corrected chi connectivity index (χ0v) is 18.9. The van der Waals surface area contributed by atoms with Crippen LogP contribution < -0.4 is 5.32 Å². The molecule has 0 aliphatic carbocycles. The number of anilines is 1. The molecule has 2 N–H and O–H groups in total. The van der Waals surface area contributed by atoms with Crippen LogP contribution in [0, 0.1) is 6.92 Å². The number of amides is 1. The Morgan fingerprint density at radius 1 is 1.13 bits per heavy atom. The fourth-order valence-electron chi connectivity index (χ4n) is 3.06. The number of carbonyl (C=O) groups excluding carboxylic acids is 2. The van der Waals surface area contributed by atoms with Gasteiger partial charge in [0.1, 0.15) is 22.6 Å². The lowest BCUT2D eigenvalue weighted by atomic mass is 10.1. The molecule has 2 rings (SSSR count). The molecule has 0 aliphatic rings. The lowest BCUT2D eigenvalue weighted by Crippen LogP contribution is -2.20. The first-order valence-corrected chi connectivity index (χ1v) is 11.2. The number of aromatic carboxylic acids is 1. The molecule has 1 aromatic heterocycles. The predicted octanol–water partition coefficient (Wildman–Crippen LogP) is 6.02. The van der Waals surface area contributed by atoms with Gasteiger partial charge in [0.05, 0.1) is 5.56 Å². The van der Waals surface area contributed by atoms with Crippen LogP contribution in [0.1, 0.15) is 77.1 Å². The average Bonchev–Trinajstić information content (AvgIpc) is 3.06. The maximum atomic E-state index is 12.5. The van der Waals surface area contributed by atoms with Crippen molar-refractivity contribution < 1.29 is 29.0 Å². The molecule has 7 nitrogen and oxygen atoms in total. The number of hydrogen-bond donors (Lipinski definition) is 2. The van der Waals surface area contributed by atoms with E-state index >= 15 is 0 Å². The van der Waals surface area contributed by atoms with Crippen molar-refractivity contribution in [1.82, 2.24) is 0 Å². The van der Waals surface area contributed by atoms with Gasteiger partial charge in [-0.2, -0.15) is 0 Å². The number of carbonyl (C=O) groups is 3. The first kappa shape index (κ1) is 24.4.